The largest absolute Gasteiger partial charge is 0.478 e. The molecule has 3 aromatic rings. The number of carboxylic acid groups (broad SMARTS) is 1. The highest BCUT2D eigenvalue weighted by Gasteiger charge is 2.24. The highest BCUT2D eigenvalue weighted by atomic mass is 32.1. The third-order valence-electron chi connectivity index (χ3n) is 4.95. The number of carbonyl (C=O) groups excluding carboxylic acids is 1. The molecule has 3 aromatic heterocycles. The highest BCUT2D eigenvalue weighted by molar-refractivity contribution is 7.15. The number of carbonyl (C=O) groups is 2. The zero-order valence-electron chi connectivity index (χ0n) is 16.3. The molecule has 0 bridgehead atoms. The van der Waals surface area contributed by atoms with Gasteiger partial charge in [-0.2, -0.15) is 0 Å². The van der Waals surface area contributed by atoms with Crippen LogP contribution >= 0.6 is 11.3 Å². The van der Waals surface area contributed by atoms with Gasteiger partial charge in [0.1, 0.15) is 16.9 Å². The minimum Gasteiger partial charge on any atom is -0.478 e. The Bertz CT molecular complexity index is 1080. The summed E-state index contributed by atoms with van der Waals surface area (Å²) in [5, 5.41) is 14.4. The SMILES string of the molecule is Cc1nc(N2CCCCC2)ncc1-c1csc(NC(=O)c2cncnc2)c1C(=O)O. The molecule has 4 heterocycles. The number of carboxylic acids is 1. The van der Waals surface area contributed by atoms with Gasteiger partial charge >= 0.3 is 5.97 Å². The summed E-state index contributed by atoms with van der Waals surface area (Å²) in [6.45, 7) is 3.70. The van der Waals surface area contributed by atoms with Gasteiger partial charge in [-0.25, -0.2) is 24.7 Å². The number of amides is 1. The number of aromatic nitrogens is 4. The molecule has 4 rings (SSSR count). The van der Waals surface area contributed by atoms with Gasteiger partial charge in [-0.1, -0.05) is 0 Å². The van der Waals surface area contributed by atoms with Crippen molar-refractivity contribution in [2.75, 3.05) is 23.3 Å². The van der Waals surface area contributed by atoms with Crippen LogP contribution in [-0.4, -0.2) is 50.0 Å². The maximum Gasteiger partial charge on any atom is 0.339 e. The molecule has 9 nitrogen and oxygen atoms in total. The van der Waals surface area contributed by atoms with E-state index in [1.165, 1.54) is 25.1 Å². The average Bonchev–Trinajstić information content (AvgIpc) is 3.18. The predicted octanol–water partition coefficient (Wildman–Crippen LogP) is 3.24. The smallest absolute Gasteiger partial charge is 0.339 e. The summed E-state index contributed by atoms with van der Waals surface area (Å²) in [6.07, 6.45) is 9.18. The van der Waals surface area contributed by atoms with E-state index in [0.29, 0.717) is 22.8 Å². The maximum absolute atomic E-state index is 12.4. The maximum atomic E-state index is 12.4. The number of hydrogen-bond donors (Lipinski definition) is 2. The monoisotopic (exact) mass is 424 g/mol. The van der Waals surface area contributed by atoms with Gasteiger partial charge in [0.2, 0.25) is 5.95 Å². The Morgan fingerprint density at radius 1 is 1.10 bits per heavy atom. The van der Waals surface area contributed by atoms with Crippen LogP contribution in [0.15, 0.2) is 30.3 Å². The molecule has 2 N–H and O–H groups in total. The van der Waals surface area contributed by atoms with Gasteiger partial charge in [0, 0.05) is 48.2 Å². The fourth-order valence-electron chi connectivity index (χ4n) is 3.42. The van der Waals surface area contributed by atoms with Crippen LogP contribution in [0.3, 0.4) is 0 Å². The molecule has 1 fully saturated rings. The molecule has 30 heavy (non-hydrogen) atoms. The molecule has 154 valence electrons. The van der Waals surface area contributed by atoms with Gasteiger partial charge in [-0.05, 0) is 26.2 Å². The lowest BCUT2D eigenvalue weighted by molar-refractivity contribution is 0.0699. The summed E-state index contributed by atoms with van der Waals surface area (Å²) in [5.74, 6) is -0.939. The number of hydrogen-bond acceptors (Lipinski definition) is 8. The molecule has 1 aliphatic heterocycles. The van der Waals surface area contributed by atoms with E-state index in [9.17, 15) is 14.7 Å². The number of nitrogens with one attached hydrogen (secondary N) is 1. The zero-order valence-corrected chi connectivity index (χ0v) is 17.1. The van der Waals surface area contributed by atoms with Crippen LogP contribution in [-0.2, 0) is 0 Å². The first-order chi connectivity index (χ1) is 14.5. The van der Waals surface area contributed by atoms with E-state index in [2.05, 4.69) is 30.2 Å². The Morgan fingerprint density at radius 3 is 2.50 bits per heavy atom. The molecular formula is C20H20N6O3S. The van der Waals surface area contributed by atoms with Crippen molar-refractivity contribution in [3.63, 3.8) is 0 Å². The van der Waals surface area contributed by atoms with E-state index in [0.717, 1.165) is 37.3 Å². The molecule has 0 aliphatic carbocycles. The van der Waals surface area contributed by atoms with Crippen LogP contribution in [0.4, 0.5) is 10.9 Å². The van der Waals surface area contributed by atoms with Crippen molar-refractivity contribution in [1.29, 1.82) is 0 Å². The van der Waals surface area contributed by atoms with Crippen molar-refractivity contribution >= 4 is 34.2 Å². The van der Waals surface area contributed by atoms with Crippen molar-refractivity contribution in [1.82, 2.24) is 19.9 Å². The van der Waals surface area contributed by atoms with Gasteiger partial charge in [0.15, 0.2) is 0 Å². The van der Waals surface area contributed by atoms with Crippen molar-refractivity contribution in [3.8, 4) is 11.1 Å². The Balaban J connectivity index is 1.64. The summed E-state index contributed by atoms with van der Waals surface area (Å²) in [6, 6.07) is 0. The van der Waals surface area contributed by atoms with Crippen LogP contribution in [0.1, 0.15) is 45.7 Å². The van der Waals surface area contributed by atoms with Crippen LogP contribution in [0.5, 0.6) is 0 Å². The first-order valence-corrected chi connectivity index (χ1v) is 10.4. The van der Waals surface area contributed by atoms with Gasteiger partial charge in [-0.3, -0.25) is 4.79 Å². The summed E-state index contributed by atoms with van der Waals surface area (Å²) >= 11 is 1.14. The average molecular weight is 424 g/mol. The molecule has 0 unspecified atom stereocenters. The third kappa shape index (κ3) is 3.99. The van der Waals surface area contributed by atoms with E-state index >= 15 is 0 Å². The number of nitrogens with zero attached hydrogens (tertiary/aromatic N) is 5. The van der Waals surface area contributed by atoms with Gasteiger partial charge in [-0.15, -0.1) is 11.3 Å². The second-order valence-corrected chi connectivity index (χ2v) is 7.84. The third-order valence-corrected chi connectivity index (χ3v) is 5.85. The van der Waals surface area contributed by atoms with E-state index in [4.69, 9.17) is 0 Å². The minimum absolute atomic E-state index is 0.0163. The normalized spacial score (nSPS) is 13.8. The lowest BCUT2D eigenvalue weighted by Crippen LogP contribution is -2.31. The molecule has 0 atom stereocenters. The summed E-state index contributed by atoms with van der Waals surface area (Å²) in [5.41, 5.74) is 2.07. The quantitative estimate of drug-likeness (QED) is 0.640. The van der Waals surface area contributed by atoms with Crippen molar-refractivity contribution < 1.29 is 14.7 Å². The second-order valence-electron chi connectivity index (χ2n) is 6.96. The van der Waals surface area contributed by atoms with Crippen molar-refractivity contribution in [2.45, 2.75) is 26.2 Å². The lowest BCUT2D eigenvalue weighted by atomic mass is 10.0. The number of thiophene rings is 1. The second kappa shape index (κ2) is 8.54. The molecule has 0 saturated carbocycles. The Morgan fingerprint density at radius 2 is 1.83 bits per heavy atom. The molecule has 0 aromatic carbocycles. The molecule has 1 aliphatic rings. The van der Waals surface area contributed by atoms with E-state index in [1.807, 2.05) is 6.92 Å². The molecule has 1 saturated heterocycles. The van der Waals surface area contributed by atoms with Crippen LogP contribution in [0, 0.1) is 6.92 Å². The fourth-order valence-corrected chi connectivity index (χ4v) is 4.36. The molecule has 1 amide bonds. The molecular weight excluding hydrogens is 404 g/mol. The molecule has 0 spiro atoms. The van der Waals surface area contributed by atoms with E-state index in [-0.39, 0.29) is 16.1 Å². The number of piperidine rings is 1. The van der Waals surface area contributed by atoms with Crippen molar-refractivity contribution in [3.05, 3.63) is 47.1 Å². The van der Waals surface area contributed by atoms with Gasteiger partial charge < -0.3 is 15.3 Å². The summed E-state index contributed by atoms with van der Waals surface area (Å²) in [4.78, 5) is 43.3. The Hall–Kier alpha value is -3.40. The molecule has 10 heteroatoms. The Labute approximate surface area is 176 Å². The van der Waals surface area contributed by atoms with Crippen molar-refractivity contribution in [2.24, 2.45) is 0 Å². The number of aryl methyl sites for hydroxylation is 1. The standard InChI is InChI=1S/C20H20N6O3S/c1-12-14(9-23-20(24-12)26-5-3-2-4-6-26)15-10-30-18(16(15)19(28)29)25-17(27)13-7-21-11-22-8-13/h7-11H,2-6H2,1H3,(H,25,27)(H,28,29). The minimum atomic E-state index is -1.13. The zero-order chi connectivity index (χ0) is 21.1. The number of aromatic carboxylic acids is 1. The predicted molar refractivity (Wildman–Crippen MR) is 113 cm³/mol. The number of rotatable bonds is 5. The summed E-state index contributed by atoms with van der Waals surface area (Å²) < 4.78 is 0. The van der Waals surface area contributed by atoms with E-state index in [1.54, 1.807) is 11.6 Å². The molecule has 0 radical (unpaired) electrons. The fraction of sp³-hybridized carbons (Fsp3) is 0.300. The van der Waals surface area contributed by atoms with Gasteiger partial charge in [0.05, 0.1) is 11.3 Å². The number of anilines is 2. The van der Waals surface area contributed by atoms with Crippen LogP contribution in [0.2, 0.25) is 0 Å². The lowest BCUT2D eigenvalue weighted by Gasteiger charge is -2.26. The Kier molecular flexibility index (Phi) is 5.66. The summed E-state index contributed by atoms with van der Waals surface area (Å²) in [7, 11) is 0. The van der Waals surface area contributed by atoms with E-state index < -0.39 is 11.9 Å². The highest BCUT2D eigenvalue weighted by Crippen LogP contribution is 2.37. The first kappa shape index (κ1) is 19.9. The van der Waals surface area contributed by atoms with Crippen LogP contribution < -0.4 is 10.2 Å². The van der Waals surface area contributed by atoms with Crippen LogP contribution in [0.25, 0.3) is 11.1 Å². The van der Waals surface area contributed by atoms with Gasteiger partial charge in [0.25, 0.3) is 5.91 Å². The topological polar surface area (TPSA) is 121 Å². The first-order valence-electron chi connectivity index (χ1n) is 9.54.